The van der Waals surface area contributed by atoms with Crippen LogP contribution in [0.5, 0.6) is 0 Å². The lowest BCUT2D eigenvalue weighted by Crippen LogP contribution is -2.24. The van der Waals surface area contributed by atoms with Gasteiger partial charge in [-0.2, -0.15) is 0 Å². The highest BCUT2D eigenvalue weighted by Gasteiger charge is 2.34. The van der Waals surface area contributed by atoms with Crippen molar-refractivity contribution in [3.63, 3.8) is 0 Å². The third kappa shape index (κ3) is 4.21. The summed E-state index contributed by atoms with van der Waals surface area (Å²) in [6.45, 7) is 10.9. The Bertz CT molecular complexity index is 221. The fraction of sp³-hybridized carbons (Fsp3) is 0.714. The van der Waals surface area contributed by atoms with Gasteiger partial charge in [0.25, 0.3) is 0 Å². The molecule has 1 rings (SSSR count). The molecule has 15 heavy (non-hydrogen) atoms. The number of rotatable bonds is 7. The molecule has 0 amide bonds. The molecule has 0 spiro atoms. The molecule has 0 saturated heterocycles. The van der Waals surface area contributed by atoms with Gasteiger partial charge in [-0.3, -0.25) is 0 Å². The third-order valence-corrected chi connectivity index (χ3v) is 2.95. The summed E-state index contributed by atoms with van der Waals surface area (Å²) in [5.74, 6) is 1.50. The van der Waals surface area contributed by atoms with Crippen LogP contribution in [0, 0.1) is 11.8 Å². The molecule has 1 aliphatic rings. The zero-order chi connectivity index (χ0) is 11.3. The van der Waals surface area contributed by atoms with Crippen molar-refractivity contribution in [1.29, 1.82) is 0 Å². The molecule has 0 N–H and O–H groups in total. The van der Waals surface area contributed by atoms with Gasteiger partial charge in [0.2, 0.25) is 0 Å². The highest BCUT2D eigenvalue weighted by Crippen LogP contribution is 2.41. The van der Waals surface area contributed by atoms with Gasteiger partial charge in [-0.05, 0) is 39.0 Å². The van der Waals surface area contributed by atoms with Gasteiger partial charge in [0.15, 0.2) is 0 Å². The third-order valence-electron chi connectivity index (χ3n) is 2.95. The lowest BCUT2D eigenvalue weighted by Gasteiger charge is -2.24. The summed E-state index contributed by atoms with van der Waals surface area (Å²) < 4.78 is 5.84. The van der Waals surface area contributed by atoms with Gasteiger partial charge in [-0.1, -0.05) is 24.6 Å². The topological polar surface area (TPSA) is 9.23 Å². The average Bonchev–Trinajstić information content (AvgIpc) is 3.00. The Morgan fingerprint density at radius 1 is 1.47 bits per heavy atom. The molecule has 86 valence electrons. The van der Waals surface area contributed by atoms with Crippen molar-refractivity contribution in [2.75, 3.05) is 6.61 Å². The van der Waals surface area contributed by atoms with E-state index in [9.17, 15) is 0 Å². The van der Waals surface area contributed by atoms with Crippen molar-refractivity contribution in [3.05, 3.63) is 24.3 Å². The van der Waals surface area contributed by atoms with Gasteiger partial charge in [-0.25, -0.2) is 0 Å². The van der Waals surface area contributed by atoms with Crippen LogP contribution < -0.4 is 0 Å². The Morgan fingerprint density at radius 3 is 2.53 bits per heavy atom. The predicted molar refractivity (Wildman–Crippen MR) is 65.9 cm³/mol. The minimum atomic E-state index is 0.380. The van der Waals surface area contributed by atoms with Crippen LogP contribution in [0.1, 0.15) is 40.0 Å². The molecule has 1 aliphatic carbocycles. The van der Waals surface area contributed by atoms with Gasteiger partial charge < -0.3 is 4.74 Å². The van der Waals surface area contributed by atoms with E-state index >= 15 is 0 Å². The standard InChI is InChI=1S/C14H24O/c1-5-9-15-14(6-2)13(10-11(3)4)12-7-8-12/h5,10,12-14H,1,6-9H2,2-4H3/t13?,14-/m0/s1. The van der Waals surface area contributed by atoms with E-state index < -0.39 is 0 Å². The van der Waals surface area contributed by atoms with Gasteiger partial charge in [0, 0.05) is 5.92 Å². The first kappa shape index (κ1) is 12.5. The van der Waals surface area contributed by atoms with E-state index in [1.54, 1.807) is 0 Å². The average molecular weight is 208 g/mol. The molecule has 2 atom stereocenters. The second-order valence-corrected chi connectivity index (χ2v) is 4.73. The Balaban J connectivity index is 2.58. The maximum Gasteiger partial charge on any atom is 0.0648 e. The van der Waals surface area contributed by atoms with E-state index in [1.807, 2.05) is 6.08 Å². The quantitative estimate of drug-likeness (QED) is 0.575. The van der Waals surface area contributed by atoms with Crippen LogP contribution in [0.15, 0.2) is 24.3 Å². The molecular weight excluding hydrogens is 184 g/mol. The molecule has 0 heterocycles. The molecule has 0 radical (unpaired) electrons. The van der Waals surface area contributed by atoms with E-state index in [4.69, 9.17) is 4.74 Å². The molecule has 0 aromatic heterocycles. The smallest absolute Gasteiger partial charge is 0.0648 e. The maximum absolute atomic E-state index is 5.84. The van der Waals surface area contributed by atoms with Crippen LogP contribution in [0.4, 0.5) is 0 Å². The van der Waals surface area contributed by atoms with Crippen LogP contribution in [0.3, 0.4) is 0 Å². The maximum atomic E-state index is 5.84. The van der Waals surface area contributed by atoms with Crippen LogP contribution in [-0.2, 0) is 4.74 Å². The summed E-state index contributed by atoms with van der Waals surface area (Å²) in [7, 11) is 0. The molecule has 0 bridgehead atoms. The normalized spacial score (nSPS) is 19.4. The Labute approximate surface area is 94.2 Å². The van der Waals surface area contributed by atoms with Gasteiger partial charge >= 0.3 is 0 Å². The molecule has 1 fully saturated rings. The van der Waals surface area contributed by atoms with Crippen molar-refractivity contribution in [2.45, 2.75) is 46.1 Å². The summed E-state index contributed by atoms with van der Waals surface area (Å²) >= 11 is 0. The van der Waals surface area contributed by atoms with Crippen molar-refractivity contribution in [1.82, 2.24) is 0 Å². The zero-order valence-corrected chi connectivity index (χ0v) is 10.3. The minimum absolute atomic E-state index is 0.380. The summed E-state index contributed by atoms with van der Waals surface area (Å²) in [6, 6.07) is 0. The SMILES string of the molecule is C=CCO[C@@H](CC)C(C=C(C)C)C1CC1. The first-order valence-corrected chi connectivity index (χ1v) is 6.06. The summed E-state index contributed by atoms with van der Waals surface area (Å²) in [5, 5.41) is 0. The van der Waals surface area contributed by atoms with E-state index in [1.165, 1.54) is 18.4 Å². The van der Waals surface area contributed by atoms with Gasteiger partial charge in [-0.15, -0.1) is 6.58 Å². The Kier molecular flexibility index (Phi) is 5.10. The monoisotopic (exact) mass is 208 g/mol. The Hall–Kier alpha value is -0.560. The van der Waals surface area contributed by atoms with Crippen LogP contribution >= 0.6 is 0 Å². The Morgan fingerprint density at radius 2 is 2.13 bits per heavy atom. The van der Waals surface area contributed by atoms with Crippen LogP contribution in [0.2, 0.25) is 0 Å². The van der Waals surface area contributed by atoms with Crippen molar-refractivity contribution in [3.8, 4) is 0 Å². The number of hydrogen-bond donors (Lipinski definition) is 0. The number of hydrogen-bond acceptors (Lipinski definition) is 1. The van der Waals surface area contributed by atoms with Crippen LogP contribution in [-0.4, -0.2) is 12.7 Å². The van der Waals surface area contributed by atoms with Gasteiger partial charge in [0.05, 0.1) is 12.7 Å². The molecule has 1 nitrogen and oxygen atoms in total. The fourth-order valence-electron chi connectivity index (χ4n) is 2.11. The van der Waals surface area contributed by atoms with E-state index in [2.05, 4.69) is 33.4 Å². The predicted octanol–water partition coefficient (Wildman–Crippen LogP) is 3.96. The lowest BCUT2D eigenvalue weighted by molar-refractivity contribution is 0.0344. The van der Waals surface area contributed by atoms with Crippen molar-refractivity contribution >= 4 is 0 Å². The molecule has 0 aromatic rings. The summed E-state index contributed by atoms with van der Waals surface area (Å²) in [5.41, 5.74) is 1.41. The summed E-state index contributed by atoms with van der Waals surface area (Å²) in [6.07, 6.45) is 8.47. The molecule has 1 heteroatoms. The van der Waals surface area contributed by atoms with E-state index in [-0.39, 0.29) is 0 Å². The molecule has 1 unspecified atom stereocenters. The summed E-state index contributed by atoms with van der Waals surface area (Å²) in [4.78, 5) is 0. The first-order valence-electron chi connectivity index (χ1n) is 6.06. The van der Waals surface area contributed by atoms with E-state index in [0.717, 1.165) is 12.3 Å². The fourth-order valence-corrected chi connectivity index (χ4v) is 2.11. The van der Waals surface area contributed by atoms with Gasteiger partial charge in [0.1, 0.15) is 0 Å². The number of ether oxygens (including phenoxy) is 1. The van der Waals surface area contributed by atoms with Crippen molar-refractivity contribution < 1.29 is 4.74 Å². The zero-order valence-electron chi connectivity index (χ0n) is 10.3. The minimum Gasteiger partial charge on any atom is -0.374 e. The largest absolute Gasteiger partial charge is 0.374 e. The van der Waals surface area contributed by atoms with Crippen LogP contribution in [0.25, 0.3) is 0 Å². The molecular formula is C14H24O. The van der Waals surface area contributed by atoms with Crippen molar-refractivity contribution in [2.24, 2.45) is 11.8 Å². The highest BCUT2D eigenvalue weighted by molar-refractivity contribution is 5.04. The lowest BCUT2D eigenvalue weighted by atomic mass is 9.93. The highest BCUT2D eigenvalue weighted by atomic mass is 16.5. The van der Waals surface area contributed by atoms with E-state index in [0.29, 0.717) is 18.6 Å². The first-order chi connectivity index (χ1) is 7.19. The number of allylic oxidation sites excluding steroid dienone is 1. The molecule has 1 saturated carbocycles. The second-order valence-electron chi connectivity index (χ2n) is 4.73. The molecule has 0 aromatic carbocycles. The second kappa shape index (κ2) is 6.12. The molecule has 0 aliphatic heterocycles.